The first kappa shape index (κ1) is 16.9. The van der Waals surface area contributed by atoms with Crippen molar-refractivity contribution >= 4 is 5.97 Å². The van der Waals surface area contributed by atoms with Gasteiger partial charge in [-0.1, -0.05) is 41.1 Å². The molecule has 0 aliphatic carbocycles. The van der Waals surface area contributed by atoms with Crippen LogP contribution >= 0.6 is 0 Å². The average molecular weight is 335 g/mol. The van der Waals surface area contributed by atoms with Gasteiger partial charge in [-0.3, -0.25) is 0 Å². The van der Waals surface area contributed by atoms with Gasteiger partial charge < -0.3 is 4.74 Å². The number of rotatable bonds is 4. The molecular formula is C20H21N3O2. The lowest BCUT2D eigenvalue weighted by Crippen LogP contribution is -2.08. The van der Waals surface area contributed by atoms with E-state index in [2.05, 4.69) is 16.4 Å². The molecule has 3 aromatic rings. The Hall–Kier alpha value is -2.95. The molecule has 0 aliphatic heterocycles. The molecule has 128 valence electrons. The molecule has 0 amide bonds. The average Bonchev–Trinajstić information content (AvgIpc) is 2.93. The number of benzene rings is 2. The molecule has 25 heavy (non-hydrogen) atoms. The number of aryl methyl sites for hydroxylation is 3. The van der Waals surface area contributed by atoms with E-state index in [4.69, 9.17) is 4.74 Å². The van der Waals surface area contributed by atoms with Crippen molar-refractivity contribution in [1.82, 2.24) is 15.0 Å². The Morgan fingerprint density at radius 1 is 1.00 bits per heavy atom. The number of esters is 1. The van der Waals surface area contributed by atoms with E-state index in [-0.39, 0.29) is 12.3 Å². The molecule has 0 fully saturated rings. The molecule has 0 saturated carbocycles. The highest BCUT2D eigenvalue weighted by atomic mass is 16.5. The SMILES string of the molecule is Cc1cccc(COC(=O)c2nnn(-c3cc(C)cc(C)c3)c2C)c1. The van der Waals surface area contributed by atoms with Crippen LogP contribution in [0.1, 0.15) is 38.4 Å². The number of hydrogen-bond donors (Lipinski definition) is 0. The molecule has 5 heteroatoms. The molecule has 2 aromatic carbocycles. The van der Waals surface area contributed by atoms with Crippen LogP contribution in [-0.4, -0.2) is 21.0 Å². The zero-order valence-electron chi connectivity index (χ0n) is 14.9. The minimum absolute atomic E-state index is 0.219. The number of carbonyl (C=O) groups is 1. The van der Waals surface area contributed by atoms with E-state index in [1.165, 1.54) is 0 Å². The molecule has 0 atom stereocenters. The van der Waals surface area contributed by atoms with Crippen molar-refractivity contribution in [2.75, 3.05) is 0 Å². The summed E-state index contributed by atoms with van der Waals surface area (Å²) < 4.78 is 7.06. The Morgan fingerprint density at radius 3 is 2.40 bits per heavy atom. The van der Waals surface area contributed by atoms with Crippen molar-refractivity contribution in [1.29, 1.82) is 0 Å². The van der Waals surface area contributed by atoms with Crippen LogP contribution in [0, 0.1) is 27.7 Å². The summed E-state index contributed by atoms with van der Waals surface area (Å²) in [5.74, 6) is -0.463. The maximum atomic E-state index is 12.4. The number of aromatic nitrogens is 3. The highest BCUT2D eigenvalue weighted by Gasteiger charge is 2.19. The first-order chi connectivity index (χ1) is 11.9. The second-order valence-corrected chi connectivity index (χ2v) is 6.35. The summed E-state index contributed by atoms with van der Waals surface area (Å²) in [6, 6.07) is 14.0. The van der Waals surface area contributed by atoms with E-state index in [0.29, 0.717) is 5.69 Å². The number of hydrogen-bond acceptors (Lipinski definition) is 4. The van der Waals surface area contributed by atoms with Crippen LogP contribution in [0.25, 0.3) is 5.69 Å². The van der Waals surface area contributed by atoms with Crippen molar-refractivity contribution in [3.63, 3.8) is 0 Å². The van der Waals surface area contributed by atoms with E-state index in [1.54, 1.807) is 4.68 Å². The third-order valence-corrected chi connectivity index (χ3v) is 3.99. The summed E-state index contributed by atoms with van der Waals surface area (Å²) >= 11 is 0. The van der Waals surface area contributed by atoms with E-state index < -0.39 is 5.97 Å². The number of nitrogens with zero attached hydrogens (tertiary/aromatic N) is 3. The predicted octanol–water partition coefficient (Wildman–Crippen LogP) is 3.86. The van der Waals surface area contributed by atoms with Gasteiger partial charge in [-0.05, 0) is 56.5 Å². The van der Waals surface area contributed by atoms with Gasteiger partial charge in [-0.15, -0.1) is 5.10 Å². The van der Waals surface area contributed by atoms with Crippen LogP contribution < -0.4 is 0 Å². The van der Waals surface area contributed by atoms with Crippen molar-refractivity contribution in [2.45, 2.75) is 34.3 Å². The fourth-order valence-corrected chi connectivity index (χ4v) is 2.86. The molecule has 3 rings (SSSR count). The highest BCUT2D eigenvalue weighted by molar-refractivity contribution is 5.88. The van der Waals surface area contributed by atoms with Crippen molar-refractivity contribution in [2.24, 2.45) is 0 Å². The molecule has 1 aromatic heterocycles. The Morgan fingerprint density at radius 2 is 1.72 bits per heavy atom. The summed E-state index contributed by atoms with van der Waals surface area (Å²) in [7, 11) is 0. The normalized spacial score (nSPS) is 10.7. The zero-order chi connectivity index (χ0) is 18.0. The molecule has 0 bridgehead atoms. The smallest absolute Gasteiger partial charge is 0.361 e. The van der Waals surface area contributed by atoms with Crippen molar-refractivity contribution < 1.29 is 9.53 Å². The molecule has 0 radical (unpaired) electrons. The fourth-order valence-electron chi connectivity index (χ4n) is 2.86. The van der Waals surface area contributed by atoms with Gasteiger partial charge in [0.05, 0.1) is 11.4 Å². The van der Waals surface area contributed by atoms with Crippen LogP contribution in [-0.2, 0) is 11.3 Å². The first-order valence-corrected chi connectivity index (χ1v) is 8.17. The quantitative estimate of drug-likeness (QED) is 0.679. The standard InChI is InChI=1S/C20H21N3O2/c1-13-6-5-7-17(9-13)12-25-20(24)19-16(4)23(22-21-19)18-10-14(2)8-15(3)11-18/h5-11H,12H2,1-4H3. The second-order valence-electron chi connectivity index (χ2n) is 6.35. The molecule has 0 spiro atoms. The van der Waals surface area contributed by atoms with Crippen LogP contribution in [0.15, 0.2) is 42.5 Å². The van der Waals surface area contributed by atoms with Gasteiger partial charge in [-0.25, -0.2) is 9.48 Å². The molecule has 1 heterocycles. The zero-order valence-corrected chi connectivity index (χ0v) is 14.9. The Bertz CT molecular complexity index is 908. The molecule has 0 N–H and O–H groups in total. The topological polar surface area (TPSA) is 57.0 Å². The van der Waals surface area contributed by atoms with Gasteiger partial charge >= 0.3 is 5.97 Å². The molecule has 0 unspecified atom stereocenters. The van der Waals surface area contributed by atoms with Gasteiger partial charge in [0, 0.05) is 0 Å². The van der Waals surface area contributed by atoms with Crippen molar-refractivity contribution in [3.8, 4) is 5.69 Å². The maximum Gasteiger partial charge on any atom is 0.361 e. The Labute approximate surface area is 147 Å². The maximum absolute atomic E-state index is 12.4. The van der Waals surface area contributed by atoms with Gasteiger partial charge in [0.1, 0.15) is 6.61 Å². The fraction of sp³-hybridized carbons (Fsp3) is 0.250. The lowest BCUT2D eigenvalue weighted by atomic mass is 10.1. The number of ether oxygens (including phenoxy) is 1. The minimum Gasteiger partial charge on any atom is -0.456 e. The Balaban J connectivity index is 1.79. The molecule has 0 aliphatic rings. The third-order valence-electron chi connectivity index (χ3n) is 3.99. The summed E-state index contributed by atoms with van der Waals surface area (Å²) in [6.07, 6.45) is 0. The molecule has 5 nitrogen and oxygen atoms in total. The first-order valence-electron chi connectivity index (χ1n) is 8.17. The van der Waals surface area contributed by atoms with E-state index >= 15 is 0 Å². The van der Waals surface area contributed by atoms with Crippen LogP contribution in [0.4, 0.5) is 0 Å². The Kier molecular flexibility index (Phi) is 4.65. The van der Waals surface area contributed by atoms with Crippen LogP contribution in [0.5, 0.6) is 0 Å². The largest absolute Gasteiger partial charge is 0.456 e. The van der Waals surface area contributed by atoms with E-state index in [9.17, 15) is 4.79 Å². The monoisotopic (exact) mass is 335 g/mol. The van der Waals surface area contributed by atoms with Gasteiger partial charge in [0.15, 0.2) is 5.69 Å². The van der Waals surface area contributed by atoms with Crippen LogP contribution in [0.3, 0.4) is 0 Å². The van der Waals surface area contributed by atoms with Crippen LogP contribution in [0.2, 0.25) is 0 Å². The van der Waals surface area contributed by atoms with E-state index in [0.717, 1.165) is 27.9 Å². The summed E-state index contributed by atoms with van der Waals surface area (Å²) in [5, 5.41) is 8.14. The molecule has 0 saturated heterocycles. The van der Waals surface area contributed by atoms with Crippen molar-refractivity contribution in [3.05, 3.63) is 76.1 Å². The minimum atomic E-state index is -0.463. The summed E-state index contributed by atoms with van der Waals surface area (Å²) in [4.78, 5) is 12.4. The van der Waals surface area contributed by atoms with Gasteiger partial charge in [0.2, 0.25) is 0 Å². The van der Waals surface area contributed by atoms with Gasteiger partial charge in [-0.2, -0.15) is 0 Å². The predicted molar refractivity (Wildman–Crippen MR) is 95.9 cm³/mol. The summed E-state index contributed by atoms with van der Waals surface area (Å²) in [6.45, 7) is 8.10. The lowest BCUT2D eigenvalue weighted by molar-refractivity contribution is 0.0464. The lowest BCUT2D eigenvalue weighted by Gasteiger charge is -2.07. The number of carbonyl (C=O) groups excluding carboxylic acids is 1. The second kappa shape index (κ2) is 6.89. The highest BCUT2D eigenvalue weighted by Crippen LogP contribution is 2.17. The van der Waals surface area contributed by atoms with Gasteiger partial charge in [0.25, 0.3) is 0 Å². The molecular weight excluding hydrogens is 314 g/mol. The third kappa shape index (κ3) is 3.76. The summed E-state index contributed by atoms with van der Waals surface area (Å²) in [5.41, 5.74) is 6.14. The van der Waals surface area contributed by atoms with E-state index in [1.807, 2.05) is 64.1 Å².